The number of hydrogen-bond acceptors (Lipinski definition) is 13. The summed E-state index contributed by atoms with van der Waals surface area (Å²) in [6.07, 6.45) is -5.71. The first-order valence-corrected chi connectivity index (χ1v) is 13.7. The molecule has 0 bridgehead atoms. The first kappa shape index (κ1) is 35.8. The van der Waals surface area contributed by atoms with Crippen LogP contribution in [-0.2, 0) is 58.8 Å². The van der Waals surface area contributed by atoms with Gasteiger partial charge in [0, 0.05) is 34.1 Å². The van der Waals surface area contributed by atoms with Crippen molar-refractivity contribution in [2.75, 3.05) is 13.7 Å². The molecule has 244 valence electrons. The average Bonchev–Trinajstić information content (AvgIpc) is 2.89. The summed E-state index contributed by atoms with van der Waals surface area (Å²) in [5, 5.41) is 5.12. The molecule has 1 aromatic carbocycles. The van der Waals surface area contributed by atoms with Crippen LogP contribution >= 0.6 is 0 Å². The lowest BCUT2D eigenvalue weighted by atomic mass is 9.96. The van der Waals surface area contributed by atoms with Gasteiger partial charge in [0.2, 0.25) is 12.2 Å². The molecule has 0 radical (unpaired) electrons. The summed E-state index contributed by atoms with van der Waals surface area (Å²) in [5.41, 5.74) is -0.156. The Hall–Kier alpha value is -4.40. The quantitative estimate of drug-likeness (QED) is 0.265. The summed E-state index contributed by atoms with van der Waals surface area (Å²) in [7, 11) is 1.20. The van der Waals surface area contributed by atoms with E-state index in [0.717, 1.165) is 13.8 Å². The standard InChI is InChI=1S/C29H40N2O13/c1-15(32)30-23-25(41-18(4)35)24(40-17(3)34)22(14-39-16(2)33)43-27(23)42-20-11-9-19(10-12-20)13-21(26(36)38-8)31-28(37)44-29(5,6)7/h9-12,21-25,27H,13-14H2,1-8H3,(H,30,32)(H,31,37)/t21-,22+,23+,24-,25+,27-/m0/s1. The molecule has 1 saturated heterocycles. The van der Waals surface area contributed by atoms with Crippen LogP contribution in [0.3, 0.4) is 0 Å². The van der Waals surface area contributed by atoms with Gasteiger partial charge >= 0.3 is 30.0 Å². The molecular weight excluding hydrogens is 584 g/mol. The molecule has 15 heteroatoms. The molecule has 0 unspecified atom stereocenters. The maximum atomic E-state index is 12.3. The zero-order valence-corrected chi connectivity index (χ0v) is 26.0. The van der Waals surface area contributed by atoms with Gasteiger partial charge in [-0.15, -0.1) is 0 Å². The second-order valence-electron chi connectivity index (χ2n) is 10.9. The van der Waals surface area contributed by atoms with Gasteiger partial charge in [-0.2, -0.15) is 0 Å². The van der Waals surface area contributed by atoms with Crippen molar-refractivity contribution >= 4 is 35.9 Å². The van der Waals surface area contributed by atoms with Crippen LogP contribution in [0.1, 0.15) is 54.0 Å². The van der Waals surface area contributed by atoms with E-state index < -0.39 is 78.2 Å². The van der Waals surface area contributed by atoms with Gasteiger partial charge in [-0.1, -0.05) is 12.1 Å². The van der Waals surface area contributed by atoms with Crippen molar-refractivity contribution in [3.63, 3.8) is 0 Å². The number of nitrogens with one attached hydrogen (secondary N) is 2. The van der Waals surface area contributed by atoms with Gasteiger partial charge in [-0.3, -0.25) is 19.2 Å². The second kappa shape index (κ2) is 15.9. The molecule has 1 heterocycles. The number of hydrogen-bond donors (Lipinski definition) is 2. The highest BCUT2D eigenvalue weighted by molar-refractivity contribution is 5.81. The summed E-state index contributed by atoms with van der Waals surface area (Å²) >= 11 is 0. The first-order valence-electron chi connectivity index (χ1n) is 13.7. The van der Waals surface area contributed by atoms with E-state index in [1.807, 2.05) is 0 Å². The summed E-state index contributed by atoms with van der Waals surface area (Å²) in [6.45, 7) is 9.37. The monoisotopic (exact) mass is 624 g/mol. The Kier molecular flexibility index (Phi) is 12.9. The van der Waals surface area contributed by atoms with E-state index in [0.29, 0.717) is 5.56 Å². The smallest absolute Gasteiger partial charge is 0.408 e. The number of rotatable bonds is 11. The van der Waals surface area contributed by atoms with Crippen molar-refractivity contribution in [1.29, 1.82) is 0 Å². The Morgan fingerprint density at radius 1 is 0.886 bits per heavy atom. The fourth-order valence-electron chi connectivity index (χ4n) is 4.25. The van der Waals surface area contributed by atoms with Gasteiger partial charge in [0.15, 0.2) is 12.2 Å². The molecule has 0 aromatic heterocycles. The van der Waals surface area contributed by atoms with Crippen LogP contribution in [0, 0.1) is 0 Å². The van der Waals surface area contributed by atoms with E-state index >= 15 is 0 Å². The summed E-state index contributed by atoms with van der Waals surface area (Å²) in [4.78, 5) is 72.2. The Labute approximate surface area is 255 Å². The average molecular weight is 625 g/mol. The molecule has 1 fully saturated rings. The molecule has 6 atom stereocenters. The molecule has 2 N–H and O–H groups in total. The Morgan fingerprint density at radius 2 is 1.48 bits per heavy atom. The van der Waals surface area contributed by atoms with Crippen LogP contribution in [-0.4, -0.2) is 91.9 Å². The van der Waals surface area contributed by atoms with E-state index in [-0.39, 0.29) is 18.8 Å². The molecular formula is C29H40N2O13. The molecule has 1 aliphatic heterocycles. The maximum absolute atomic E-state index is 12.3. The molecule has 1 aromatic rings. The van der Waals surface area contributed by atoms with Crippen LogP contribution in [0.4, 0.5) is 4.79 Å². The van der Waals surface area contributed by atoms with E-state index in [2.05, 4.69) is 10.6 Å². The van der Waals surface area contributed by atoms with Crippen LogP contribution in [0.2, 0.25) is 0 Å². The van der Waals surface area contributed by atoms with Crippen molar-refractivity contribution in [2.24, 2.45) is 0 Å². The third kappa shape index (κ3) is 11.7. The Morgan fingerprint density at radius 3 is 1.98 bits per heavy atom. The highest BCUT2D eigenvalue weighted by Crippen LogP contribution is 2.29. The summed E-state index contributed by atoms with van der Waals surface area (Å²) < 4.78 is 38.0. The highest BCUT2D eigenvalue weighted by Gasteiger charge is 2.52. The number of alkyl carbamates (subject to hydrolysis) is 1. The molecule has 0 spiro atoms. The van der Waals surface area contributed by atoms with E-state index in [4.69, 9.17) is 33.2 Å². The Bertz CT molecular complexity index is 1190. The van der Waals surface area contributed by atoms with E-state index in [1.54, 1.807) is 45.0 Å². The van der Waals surface area contributed by atoms with Gasteiger partial charge in [0.1, 0.15) is 36.1 Å². The minimum atomic E-state index is -1.31. The minimum Gasteiger partial charge on any atom is -0.467 e. The van der Waals surface area contributed by atoms with Crippen LogP contribution < -0.4 is 15.4 Å². The highest BCUT2D eigenvalue weighted by atomic mass is 16.7. The van der Waals surface area contributed by atoms with Crippen molar-refractivity contribution < 1.29 is 61.9 Å². The third-order valence-electron chi connectivity index (χ3n) is 5.86. The van der Waals surface area contributed by atoms with Gasteiger partial charge in [-0.25, -0.2) is 9.59 Å². The predicted molar refractivity (Wildman–Crippen MR) is 150 cm³/mol. The van der Waals surface area contributed by atoms with Crippen LogP contribution in [0.15, 0.2) is 24.3 Å². The number of carbonyl (C=O) groups is 6. The number of carbonyl (C=O) groups excluding carboxylic acids is 6. The van der Waals surface area contributed by atoms with Gasteiger partial charge in [0.25, 0.3) is 0 Å². The largest absolute Gasteiger partial charge is 0.467 e. The summed E-state index contributed by atoms with van der Waals surface area (Å²) in [5.74, 6) is -3.07. The predicted octanol–water partition coefficient (Wildman–Crippen LogP) is 1.33. The van der Waals surface area contributed by atoms with Crippen molar-refractivity contribution in [3.05, 3.63) is 29.8 Å². The first-order chi connectivity index (χ1) is 20.5. The van der Waals surface area contributed by atoms with Gasteiger partial charge in [-0.05, 0) is 38.5 Å². The fourth-order valence-corrected chi connectivity index (χ4v) is 4.25. The number of ether oxygens (including phenoxy) is 7. The topological polar surface area (TPSA) is 191 Å². The second-order valence-corrected chi connectivity index (χ2v) is 10.9. The van der Waals surface area contributed by atoms with Crippen molar-refractivity contribution in [1.82, 2.24) is 10.6 Å². The number of benzene rings is 1. The Balaban J connectivity index is 2.33. The molecule has 2 amide bonds. The van der Waals surface area contributed by atoms with E-state index in [9.17, 15) is 28.8 Å². The molecule has 2 rings (SSSR count). The lowest BCUT2D eigenvalue weighted by molar-refractivity contribution is -0.257. The molecule has 44 heavy (non-hydrogen) atoms. The lowest BCUT2D eigenvalue weighted by Gasteiger charge is -2.44. The summed E-state index contributed by atoms with van der Waals surface area (Å²) in [6, 6.07) is 4.14. The van der Waals surface area contributed by atoms with Crippen molar-refractivity contribution in [3.8, 4) is 5.75 Å². The lowest BCUT2D eigenvalue weighted by Crippen LogP contribution is -2.67. The third-order valence-corrected chi connectivity index (χ3v) is 5.86. The zero-order valence-electron chi connectivity index (χ0n) is 26.0. The normalized spacial score (nSPS) is 22.0. The molecule has 15 nitrogen and oxygen atoms in total. The maximum Gasteiger partial charge on any atom is 0.408 e. The SMILES string of the molecule is COC(=O)[C@H](Cc1ccc(O[C@H]2O[C@H](COC(C)=O)[C@H](OC(C)=O)[C@H](OC(C)=O)[C@H]2NC(C)=O)cc1)NC(=O)OC(C)(C)C. The molecule has 0 saturated carbocycles. The van der Waals surface area contributed by atoms with Gasteiger partial charge < -0.3 is 43.8 Å². The number of methoxy groups -OCH3 is 1. The molecule has 1 aliphatic rings. The van der Waals surface area contributed by atoms with Crippen molar-refractivity contribution in [2.45, 2.75) is 97.2 Å². The molecule has 0 aliphatic carbocycles. The van der Waals surface area contributed by atoms with Crippen LogP contribution in [0.25, 0.3) is 0 Å². The number of amides is 2. The number of esters is 4. The van der Waals surface area contributed by atoms with E-state index in [1.165, 1.54) is 21.0 Å². The zero-order chi connectivity index (χ0) is 33.2. The van der Waals surface area contributed by atoms with Crippen LogP contribution in [0.5, 0.6) is 5.75 Å². The fraction of sp³-hybridized carbons (Fsp3) is 0.586. The minimum absolute atomic E-state index is 0.0592. The van der Waals surface area contributed by atoms with Gasteiger partial charge in [0.05, 0.1) is 7.11 Å².